The smallest absolute Gasteiger partial charge is 0.193 e. The van der Waals surface area contributed by atoms with Gasteiger partial charge in [-0.15, -0.1) is 24.0 Å². The van der Waals surface area contributed by atoms with Gasteiger partial charge in [-0.05, 0) is 43.9 Å². The minimum absolute atomic E-state index is 0. The van der Waals surface area contributed by atoms with Crippen LogP contribution in [0.3, 0.4) is 0 Å². The fourth-order valence-corrected chi connectivity index (χ4v) is 3.21. The maximum absolute atomic E-state index is 9.54. The summed E-state index contributed by atoms with van der Waals surface area (Å²) in [6.07, 6.45) is 4.49. The molecular weight excluding hydrogens is 443 g/mol. The summed E-state index contributed by atoms with van der Waals surface area (Å²) >= 11 is 0. The summed E-state index contributed by atoms with van der Waals surface area (Å²) < 4.78 is 0. The Morgan fingerprint density at radius 1 is 1.38 bits per heavy atom. The highest BCUT2D eigenvalue weighted by Crippen LogP contribution is 2.24. The number of halogens is 1. The summed E-state index contributed by atoms with van der Waals surface area (Å²) in [5, 5.41) is 19.9. The number of hydrogen-bond donors (Lipinski definition) is 3. The van der Waals surface area contributed by atoms with Gasteiger partial charge in [-0.2, -0.15) is 5.10 Å². The van der Waals surface area contributed by atoms with E-state index in [0.717, 1.165) is 56.2 Å². The van der Waals surface area contributed by atoms with Crippen LogP contribution < -0.4 is 5.32 Å². The number of rotatable bonds is 5. The van der Waals surface area contributed by atoms with Gasteiger partial charge in [-0.3, -0.25) is 10.1 Å². The molecule has 3 N–H and O–H groups in total. The topological polar surface area (TPSA) is 89.4 Å². The first kappa shape index (κ1) is 20.5. The number of hydrogen-bond acceptors (Lipinski definition) is 4. The zero-order chi connectivity index (χ0) is 17.5. The van der Waals surface area contributed by atoms with Crippen molar-refractivity contribution in [3.05, 3.63) is 42.0 Å². The second-order valence-electron chi connectivity index (χ2n) is 6.29. The molecule has 0 radical (unpaired) electrons. The van der Waals surface area contributed by atoms with Gasteiger partial charge in [0.05, 0.1) is 0 Å². The molecule has 0 unspecified atom stereocenters. The Bertz CT molecular complexity index is 683. The average Bonchev–Trinajstić information content (AvgIpc) is 3.16. The van der Waals surface area contributed by atoms with Gasteiger partial charge in [0.1, 0.15) is 17.9 Å². The normalized spacial score (nSPS) is 15.6. The molecular formula is C18H27IN6O. The van der Waals surface area contributed by atoms with Crippen molar-refractivity contribution in [2.45, 2.75) is 32.1 Å². The first-order chi connectivity index (χ1) is 12.3. The van der Waals surface area contributed by atoms with Crippen LogP contribution in [-0.4, -0.2) is 57.3 Å². The van der Waals surface area contributed by atoms with Crippen LogP contribution in [0.5, 0.6) is 5.75 Å². The van der Waals surface area contributed by atoms with Crippen molar-refractivity contribution in [3.8, 4) is 5.75 Å². The molecule has 7 nitrogen and oxygen atoms in total. The lowest BCUT2D eigenvalue weighted by Gasteiger charge is -2.33. The molecule has 2 aromatic rings. The van der Waals surface area contributed by atoms with Gasteiger partial charge in [0.2, 0.25) is 0 Å². The molecule has 1 aromatic carbocycles. The largest absolute Gasteiger partial charge is 0.508 e. The first-order valence-electron chi connectivity index (χ1n) is 8.92. The Kier molecular flexibility index (Phi) is 8.14. The van der Waals surface area contributed by atoms with Gasteiger partial charge >= 0.3 is 0 Å². The highest BCUT2D eigenvalue weighted by Gasteiger charge is 2.24. The van der Waals surface area contributed by atoms with Crippen LogP contribution in [0.2, 0.25) is 0 Å². The third-order valence-corrected chi connectivity index (χ3v) is 4.52. The van der Waals surface area contributed by atoms with E-state index in [1.54, 1.807) is 18.5 Å². The maximum Gasteiger partial charge on any atom is 0.193 e. The molecule has 26 heavy (non-hydrogen) atoms. The highest BCUT2D eigenvalue weighted by molar-refractivity contribution is 14.0. The van der Waals surface area contributed by atoms with Crippen LogP contribution in [0.1, 0.15) is 37.1 Å². The standard InChI is InChI=1S/C18H26N6O.HI/c1-2-19-18(20-9-6-14-4-3-5-16(25)12-14)24-10-7-15(8-11-24)17-21-13-22-23-17;/h3-5,12-13,15,25H,2,6-11H2,1H3,(H,19,20)(H,21,22,23);1H. The quantitative estimate of drug-likeness (QED) is 0.355. The van der Waals surface area contributed by atoms with Crippen LogP contribution in [0, 0.1) is 0 Å². The van der Waals surface area contributed by atoms with E-state index in [-0.39, 0.29) is 24.0 Å². The van der Waals surface area contributed by atoms with Crippen LogP contribution in [0.15, 0.2) is 35.6 Å². The van der Waals surface area contributed by atoms with Gasteiger partial charge < -0.3 is 15.3 Å². The number of aliphatic imine (C=N–C) groups is 1. The number of nitrogens with zero attached hydrogens (tertiary/aromatic N) is 4. The molecule has 8 heteroatoms. The summed E-state index contributed by atoms with van der Waals surface area (Å²) in [4.78, 5) is 11.4. The van der Waals surface area contributed by atoms with Crippen LogP contribution >= 0.6 is 24.0 Å². The Morgan fingerprint density at radius 2 is 2.19 bits per heavy atom. The second-order valence-corrected chi connectivity index (χ2v) is 6.29. The molecule has 0 spiro atoms. The third-order valence-electron chi connectivity index (χ3n) is 4.52. The molecule has 0 saturated carbocycles. The van der Waals surface area contributed by atoms with E-state index < -0.39 is 0 Å². The Morgan fingerprint density at radius 3 is 2.85 bits per heavy atom. The van der Waals surface area contributed by atoms with Crippen molar-refractivity contribution in [3.63, 3.8) is 0 Å². The molecule has 0 amide bonds. The molecule has 1 aliphatic rings. The molecule has 142 valence electrons. The fraction of sp³-hybridized carbons (Fsp3) is 0.500. The Hall–Kier alpha value is -1.84. The van der Waals surface area contributed by atoms with Crippen LogP contribution in [-0.2, 0) is 6.42 Å². The number of aromatic nitrogens is 3. The highest BCUT2D eigenvalue weighted by atomic mass is 127. The summed E-state index contributed by atoms with van der Waals surface area (Å²) in [6, 6.07) is 7.37. The SMILES string of the molecule is CCNC(=NCCc1cccc(O)c1)N1CCC(c2ncn[nH]2)CC1.I. The number of guanidine groups is 1. The van der Waals surface area contributed by atoms with E-state index in [4.69, 9.17) is 4.99 Å². The number of nitrogens with one attached hydrogen (secondary N) is 2. The lowest BCUT2D eigenvalue weighted by Crippen LogP contribution is -2.45. The number of piperidine rings is 1. The third kappa shape index (κ3) is 5.58. The molecule has 2 heterocycles. The number of aromatic amines is 1. The molecule has 1 fully saturated rings. The number of likely N-dealkylation sites (tertiary alicyclic amines) is 1. The number of H-pyrrole nitrogens is 1. The van der Waals surface area contributed by atoms with Crippen molar-refractivity contribution in [2.24, 2.45) is 4.99 Å². The van der Waals surface area contributed by atoms with Crippen LogP contribution in [0.25, 0.3) is 0 Å². The predicted octanol–water partition coefficient (Wildman–Crippen LogP) is 2.52. The Balaban J connectivity index is 0.00000243. The van der Waals surface area contributed by atoms with E-state index in [1.165, 1.54) is 0 Å². The number of aromatic hydroxyl groups is 1. The van der Waals surface area contributed by atoms with E-state index in [2.05, 4.69) is 32.3 Å². The minimum Gasteiger partial charge on any atom is -0.508 e. The summed E-state index contributed by atoms with van der Waals surface area (Å²) in [6.45, 7) is 5.57. The van der Waals surface area contributed by atoms with Crippen molar-refractivity contribution in [1.82, 2.24) is 25.4 Å². The zero-order valence-electron chi connectivity index (χ0n) is 15.1. The summed E-state index contributed by atoms with van der Waals surface area (Å²) in [5.41, 5.74) is 1.10. The van der Waals surface area contributed by atoms with Gasteiger partial charge in [-0.1, -0.05) is 12.1 Å². The zero-order valence-corrected chi connectivity index (χ0v) is 17.4. The van der Waals surface area contributed by atoms with Gasteiger partial charge in [0.15, 0.2) is 5.96 Å². The van der Waals surface area contributed by atoms with Gasteiger partial charge in [0, 0.05) is 32.1 Å². The van der Waals surface area contributed by atoms with E-state index in [1.807, 2.05) is 12.1 Å². The lowest BCUT2D eigenvalue weighted by atomic mass is 9.96. The molecule has 3 rings (SSSR count). The number of phenols is 1. The maximum atomic E-state index is 9.54. The fourth-order valence-electron chi connectivity index (χ4n) is 3.21. The lowest BCUT2D eigenvalue weighted by molar-refractivity contribution is 0.299. The van der Waals surface area contributed by atoms with Crippen molar-refractivity contribution >= 4 is 29.9 Å². The summed E-state index contributed by atoms with van der Waals surface area (Å²) in [5.74, 6) is 2.72. The van der Waals surface area contributed by atoms with Crippen molar-refractivity contribution in [1.29, 1.82) is 0 Å². The first-order valence-corrected chi connectivity index (χ1v) is 8.92. The monoisotopic (exact) mass is 470 g/mol. The van der Waals surface area contributed by atoms with Gasteiger partial charge in [-0.25, -0.2) is 4.98 Å². The number of phenolic OH excluding ortho intramolecular Hbond substituents is 1. The van der Waals surface area contributed by atoms with Gasteiger partial charge in [0.25, 0.3) is 0 Å². The molecule has 1 saturated heterocycles. The Labute approximate surface area is 171 Å². The molecule has 0 aliphatic carbocycles. The van der Waals surface area contributed by atoms with E-state index >= 15 is 0 Å². The molecule has 0 atom stereocenters. The molecule has 0 bridgehead atoms. The van der Waals surface area contributed by atoms with Crippen LogP contribution in [0.4, 0.5) is 0 Å². The summed E-state index contributed by atoms with van der Waals surface area (Å²) in [7, 11) is 0. The molecule has 1 aromatic heterocycles. The minimum atomic E-state index is 0. The second kappa shape index (κ2) is 10.3. The average molecular weight is 470 g/mol. The molecule has 1 aliphatic heterocycles. The number of benzene rings is 1. The predicted molar refractivity (Wildman–Crippen MR) is 113 cm³/mol. The van der Waals surface area contributed by atoms with E-state index in [0.29, 0.717) is 18.2 Å². The van der Waals surface area contributed by atoms with Crippen molar-refractivity contribution in [2.75, 3.05) is 26.2 Å². The van der Waals surface area contributed by atoms with Crippen molar-refractivity contribution < 1.29 is 5.11 Å². The van der Waals surface area contributed by atoms with E-state index in [9.17, 15) is 5.11 Å².